The van der Waals surface area contributed by atoms with Gasteiger partial charge < -0.3 is 10.1 Å². The first-order valence-corrected chi connectivity index (χ1v) is 10.8. The minimum Gasteiger partial charge on any atom is -0.494 e. The van der Waals surface area contributed by atoms with E-state index >= 15 is 0 Å². The highest BCUT2D eigenvalue weighted by Gasteiger charge is 2.25. The monoisotopic (exact) mass is 426 g/mol. The predicted molar refractivity (Wildman–Crippen MR) is 119 cm³/mol. The SMILES string of the molecule is COc1cc2nn([C@H]3CC[C@H](C(C)C)CC3)cc2cc1NC(=O)c1ncccc1Cl. The zero-order chi connectivity index (χ0) is 21.3. The second-order valence-corrected chi connectivity index (χ2v) is 8.73. The molecule has 0 aliphatic heterocycles. The molecule has 0 spiro atoms. The smallest absolute Gasteiger partial charge is 0.275 e. The number of halogens is 1. The molecule has 1 aliphatic rings. The Hall–Kier alpha value is -2.60. The van der Waals surface area contributed by atoms with Crippen LogP contribution in [0.3, 0.4) is 0 Å². The van der Waals surface area contributed by atoms with E-state index in [2.05, 4.69) is 35.0 Å². The van der Waals surface area contributed by atoms with Gasteiger partial charge in [-0.15, -0.1) is 0 Å². The molecule has 3 aromatic rings. The molecule has 0 bridgehead atoms. The van der Waals surface area contributed by atoms with E-state index in [4.69, 9.17) is 21.4 Å². The highest BCUT2D eigenvalue weighted by atomic mass is 35.5. The van der Waals surface area contributed by atoms with Crippen LogP contribution in [-0.2, 0) is 0 Å². The molecule has 30 heavy (non-hydrogen) atoms. The molecular formula is C23H27ClN4O2. The van der Waals surface area contributed by atoms with Crippen molar-refractivity contribution in [2.75, 3.05) is 12.4 Å². The molecular weight excluding hydrogens is 400 g/mol. The standard InChI is InChI=1S/C23H27ClN4O2/c1-14(2)15-6-8-17(9-7-15)28-13-16-11-20(21(30-3)12-19(16)27-28)26-23(29)22-18(24)5-4-10-25-22/h4-5,10-15,17H,6-9H2,1-3H3,(H,26,29)/t15-,17-. The number of fused-ring (bicyclic) bond motifs is 1. The molecule has 2 heterocycles. The number of methoxy groups -OCH3 is 1. The number of rotatable bonds is 5. The first kappa shape index (κ1) is 20.7. The molecule has 4 rings (SSSR count). The van der Waals surface area contributed by atoms with Crippen molar-refractivity contribution in [3.05, 3.63) is 47.4 Å². The highest BCUT2D eigenvalue weighted by molar-refractivity contribution is 6.34. The summed E-state index contributed by atoms with van der Waals surface area (Å²) in [4.78, 5) is 16.7. The van der Waals surface area contributed by atoms with Crippen molar-refractivity contribution in [3.8, 4) is 5.75 Å². The van der Waals surface area contributed by atoms with E-state index in [1.165, 1.54) is 12.8 Å². The van der Waals surface area contributed by atoms with Crippen LogP contribution in [-0.4, -0.2) is 27.8 Å². The maximum Gasteiger partial charge on any atom is 0.275 e. The molecule has 0 saturated heterocycles. The van der Waals surface area contributed by atoms with Crippen LogP contribution in [0.15, 0.2) is 36.7 Å². The fourth-order valence-electron chi connectivity index (χ4n) is 4.29. The van der Waals surface area contributed by atoms with Gasteiger partial charge in [-0.25, -0.2) is 4.98 Å². The average Bonchev–Trinajstić information content (AvgIpc) is 3.16. The van der Waals surface area contributed by atoms with Gasteiger partial charge in [0.25, 0.3) is 5.91 Å². The molecule has 2 aromatic heterocycles. The third kappa shape index (κ3) is 4.15. The summed E-state index contributed by atoms with van der Waals surface area (Å²) >= 11 is 6.11. The number of benzene rings is 1. The van der Waals surface area contributed by atoms with E-state index in [-0.39, 0.29) is 11.6 Å². The van der Waals surface area contributed by atoms with Crippen molar-refractivity contribution in [2.45, 2.75) is 45.6 Å². The lowest BCUT2D eigenvalue weighted by molar-refractivity contribution is 0.102. The summed E-state index contributed by atoms with van der Waals surface area (Å²) in [6.07, 6.45) is 8.39. The molecule has 6 nitrogen and oxygen atoms in total. The van der Waals surface area contributed by atoms with Crippen LogP contribution < -0.4 is 10.1 Å². The van der Waals surface area contributed by atoms with Crippen molar-refractivity contribution in [2.24, 2.45) is 11.8 Å². The fourth-order valence-corrected chi connectivity index (χ4v) is 4.50. The molecule has 158 valence electrons. The van der Waals surface area contributed by atoms with E-state index in [1.807, 2.05) is 12.1 Å². The summed E-state index contributed by atoms with van der Waals surface area (Å²) in [6.45, 7) is 4.63. The Kier molecular flexibility index (Phi) is 5.95. The lowest BCUT2D eigenvalue weighted by Gasteiger charge is -2.30. The molecule has 7 heteroatoms. The Morgan fingerprint density at radius 2 is 2.03 bits per heavy atom. The fraction of sp³-hybridized carbons (Fsp3) is 0.435. The van der Waals surface area contributed by atoms with Crippen LogP contribution in [0, 0.1) is 11.8 Å². The number of ether oxygens (including phenoxy) is 1. The number of pyridine rings is 1. The van der Waals surface area contributed by atoms with E-state index < -0.39 is 0 Å². The van der Waals surface area contributed by atoms with Gasteiger partial charge in [-0.05, 0) is 55.7 Å². The second kappa shape index (κ2) is 8.64. The van der Waals surface area contributed by atoms with Gasteiger partial charge in [-0.1, -0.05) is 25.4 Å². The van der Waals surface area contributed by atoms with Crippen LogP contribution >= 0.6 is 11.6 Å². The zero-order valence-electron chi connectivity index (χ0n) is 17.6. The van der Waals surface area contributed by atoms with Crippen LogP contribution in [0.2, 0.25) is 5.02 Å². The van der Waals surface area contributed by atoms with Gasteiger partial charge in [-0.2, -0.15) is 5.10 Å². The Morgan fingerprint density at radius 1 is 1.27 bits per heavy atom. The maximum atomic E-state index is 12.6. The van der Waals surface area contributed by atoms with E-state index in [0.717, 1.165) is 35.6 Å². The van der Waals surface area contributed by atoms with Gasteiger partial charge in [0.1, 0.15) is 11.4 Å². The first-order chi connectivity index (χ1) is 14.5. The Morgan fingerprint density at radius 3 is 2.70 bits per heavy atom. The predicted octanol–water partition coefficient (Wildman–Crippen LogP) is 5.73. The summed E-state index contributed by atoms with van der Waals surface area (Å²) in [5.41, 5.74) is 1.60. The van der Waals surface area contributed by atoms with E-state index in [9.17, 15) is 4.79 Å². The Labute approximate surface area is 181 Å². The molecule has 1 aromatic carbocycles. The molecule has 0 unspecified atom stereocenters. The molecule has 1 aliphatic carbocycles. The minimum atomic E-state index is -0.377. The normalized spacial score (nSPS) is 19.2. The summed E-state index contributed by atoms with van der Waals surface area (Å²) in [7, 11) is 1.58. The second-order valence-electron chi connectivity index (χ2n) is 8.32. The maximum absolute atomic E-state index is 12.6. The van der Waals surface area contributed by atoms with Crippen molar-refractivity contribution < 1.29 is 9.53 Å². The molecule has 1 amide bonds. The molecule has 1 fully saturated rings. The van der Waals surface area contributed by atoms with Crippen LogP contribution in [0.25, 0.3) is 10.9 Å². The number of carbonyl (C=O) groups excluding carboxylic acids is 1. The van der Waals surface area contributed by atoms with Crippen molar-refractivity contribution in [1.29, 1.82) is 0 Å². The molecule has 1 N–H and O–H groups in total. The van der Waals surface area contributed by atoms with E-state index in [1.54, 1.807) is 25.4 Å². The summed E-state index contributed by atoms with van der Waals surface area (Å²) < 4.78 is 7.58. The number of hydrogen-bond acceptors (Lipinski definition) is 4. The lowest BCUT2D eigenvalue weighted by atomic mass is 9.80. The average molecular weight is 427 g/mol. The van der Waals surface area contributed by atoms with Gasteiger partial charge in [0.05, 0.1) is 29.4 Å². The number of hydrogen-bond donors (Lipinski definition) is 1. The van der Waals surface area contributed by atoms with Gasteiger partial charge in [-0.3, -0.25) is 9.48 Å². The molecule has 0 atom stereocenters. The Bertz CT molecular complexity index is 1050. The summed E-state index contributed by atoms with van der Waals surface area (Å²) in [5, 5.41) is 8.94. The zero-order valence-corrected chi connectivity index (χ0v) is 18.3. The first-order valence-electron chi connectivity index (χ1n) is 10.4. The van der Waals surface area contributed by atoms with Gasteiger partial charge in [0.15, 0.2) is 0 Å². The number of amides is 1. The van der Waals surface area contributed by atoms with Crippen molar-refractivity contribution >= 4 is 34.1 Å². The third-order valence-electron chi connectivity index (χ3n) is 6.12. The third-order valence-corrected chi connectivity index (χ3v) is 6.43. The van der Waals surface area contributed by atoms with Crippen LogP contribution in [0.1, 0.15) is 56.1 Å². The minimum absolute atomic E-state index is 0.180. The van der Waals surface area contributed by atoms with Gasteiger partial charge in [0, 0.05) is 23.8 Å². The summed E-state index contributed by atoms with van der Waals surface area (Å²) in [6, 6.07) is 7.51. The highest BCUT2D eigenvalue weighted by Crippen LogP contribution is 2.37. The van der Waals surface area contributed by atoms with Crippen molar-refractivity contribution in [3.63, 3.8) is 0 Å². The van der Waals surface area contributed by atoms with Gasteiger partial charge >= 0.3 is 0 Å². The topological polar surface area (TPSA) is 69.0 Å². The number of nitrogens with one attached hydrogen (secondary N) is 1. The number of anilines is 1. The molecule has 0 radical (unpaired) electrons. The largest absolute Gasteiger partial charge is 0.494 e. The number of aromatic nitrogens is 3. The lowest BCUT2D eigenvalue weighted by Crippen LogP contribution is -2.21. The Balaban J connectivity index is 1.58. The van der Waals surface area contributed by atoms with Crippen LogP contribution in [0.4, 0.5) is 5.69 Å². The van der Waals surface area contributed by atoms with E-state index in [0.29, 0.717) is 22.5 Å². The quantitative estimate of drug-likeness (QED) is 0.565. The van der Waals surface area contributed by atoms with Crippen molar-refractivity contribution in [1.82, 2.24) is 14.8 Å². The summed E-state index contributed by atoms with van der Waals surface area (Å²) in [5.74, 6) is 1.73. The number of nitrogens with zero attached hydrogens (tertiary/aromatic N) is 3. The number of carbonyl (C=O) groups is 1. The molecule has 1 saturated carbocycles. The van der Waals surface area contributed by atoms with Gasteiger partial charge in [0.2, 0.25) is 0 Å². The van der Waals surface area contributed by atoms with Crippen LogP contribution in [0.5, 0.6) is 5.75 Å².